The van der Waals surface area contributed by atoms with Gasteiger partial charge in [0.25, 0.3) is 5.84 Å². The van der Waals surface area contributed by atoms with Crippen LogP contribution in [0.25, 0.3) is 0 Å². The van der Waals surface area contributed by atoms with Crippen LogP contribution in [0.2, 0.25) is 0 Å². The highest BCUT2D eigenvalue weighted by Crippen LogP contribution is 2.26. The first-order chi connectivity index (χ1) is 16.5. The summed E-state index contributed by atoms with van der Waals surface area (Å²) < 4.78 is 2.81. The van der Waals surface area contributed by atoms with Crippen molar-refractivity contribution in [1.82, 2.24) is 14.7 Å². The molecule has 0 aromatic carbocycles. The van der Waals surface area contributed by atoms with Crippen molar-refractivity contribution in [2.75, 3.05) is 52.4 Å². The van der Waals surface area contributed by atoms with Crippen LogP contribution in [0.15, 0.2) is 0 Å². The van der Waals surface area contributed by atoms with Crippen molar-refractivity contribution in [2.24, 2.45) is 5.92 Å². The lowest BCUT2D eigenvalue weighted by Crippen LogP contribution is -2.59. The predicted molar refractivity (Wildman–Crippen MR) is 154 cm³/mol. The van der Waals surface area contributed by atoms with Crippen LogP contribution in [0, 0.1) is 5.92 Å². The minimum Gasteiger partial charge on any atom is -0.287 e. The van der Waals surface area contributed by atoms with E-state index in [2.05, 4.69) is 81.6 Å². The SMILES string of the molecule is CCCC(C(N(CCC)CCC)=[N+](CCC)CCC)C(N(CCC)CCC)N(CCC)CCC. The van der Waals surface area contributed by atoms with Gasteiger partial charge in [-0.1, -0.05) is 68.7 Å². The van der Waals surface area contributed by atoms with Gasteiger partial charge in [0.15, 0.2) is 0 Å². The van der Waals surface area contributed by atoms with Crippen LogP contribution in [0.3, 0.4) is 0 Å². The molecule has 1 atom stereocenters. The molecule has 0 aliphatic rings. The van der Waals surface area contributed by atoms with E-state index in [1.165, 1.54) is 117 Å². The van der Waals surface area contributed by atoms with E-state index in [9.17, 15) is 0 Å². The van der Waals surface area contributed by atoms with E-state index in [1.807, 2.05) is 0 Å². The van der Waals surface area contributed by atoms with Gasteiger partial charge in [-0.2, -0.15) is 0 Å². The molecule has 0 saturated carbocycles. The molecule has 0 aliphatic carbocycles. The smallest absolute Gasteiger partial charge is 0.252 e. The molecule has 4 nitrogen and oxygen atoms in total. The highest BCUT2D eigenvalue weighted by Gasteiger charge is 2.40. The van der Waals surface area contributed by atoms with Crippen molar-refractivity contribution in [3.63, 3.8) is 0 Å². The minimum absolute atomic E-state index is 0.502. The van der Waals surface area contributed by atoms with E-state index >= 15 is 0 Å². The normalized spacial score (nSPS) is 12.7. The number of nitrogens with zero attached hydrogens (tertiary/aromatic N) is 4. The average Bonchev–Trinajstić information content (AvgIpc) is 2.80. The van der Waals surface area contributed by atoms with Crippen LogP contribution in [-0.4, -0.2) is 83.6 Å². The third kappa shape index (κ3) is 11.4. The molecule has 34 heavy (non-hydrogen) atoms. The molecule has 0 bridgehead atoms. The van der Waals surface area contributed by atoms with E-state index in [-0.39, 0.29) is 0 Å². The molecule has 0 radical (unpaired) electrons. The zero-order valence-electron chi connectivity index (χ0n) is 25.2. The Morgan fingerprint density at radius 3 is 1.18 bits per heavy atom. The fourth-order valence-electron chi connectivity index (χ4n) is 5.79. The van der Waals surface area contributed by atoms with Gasteiger partial charge in [0.2, 0.25) is 0 Å². The van der Waals surface area contributed by atoms with Crippen LogP contribution in [0.1, 0.15) is 127 Å². The quantitative estimate of drug-likeness (QED) is 0.0695. The van der Waals surface area contributed by atoms with Gasteiger partial charge in [0, 0.05) is 0 Å². The van der Waals surface area contributed by atoms with Gasteiger partial charge in [-0.15, -0.1) is 0 Å². The van der Waals surface area contributed by atoms with E-state index in [4.69, 9.17) is 0 Å². The van der Waals surface area contributed by atoms with Crippen LogP contribution in [-0.2, 0) is 0 Å². The molecule has 0 aromatic heterocycles. The molecule has 0 spiro atoms. The Morgan fingerprint density at radius 1 is 0.500 bits per heavy atom. The average molecular weight is 482 g/mol. The second kappa shape index (κ2) is 21.7. The van der Waals surface area contributed by atoms with Crippen molar-refractivity contribution in [3.8, 4) is 0 Å². The largest absolute Gasteiger partial charge is 0.287 e. The molecule has 204 valence electrons. The Labute approximate surface area is 216 Å². The molecule has 4 heteroatoms. The first-order valence-corrected chi connectivity index (χ1v) is 15.4. The van der Waals surface area contributed by atoms with Gasteiger partial charge in [-0.3, -0.25) is 19.3 Å². The standard InChI is InChI=1S/C30H65N4/c1-10-19-28(29(31(20-11-2)21-12-3)32(22-13-4)23-14-5)30(33(24-15-6)25-16-7)34(26-17-8)27-18-9/h28-29H,10-27H2,1-9H3/q+1. The van der Waals surface area contributed by atoms with Crippen molar-refractivity contribution in [3.05, 3.63) is 0 Å². The lowest BCUT2D eigenvalue weighted by atomic mass is 9.93. The molecule has 0 aromatic rings. The van der Waals surface area contributed by atoms with Gasteiger partial charge >= 0.3 is 0 Å². The summed E-state index contributed by atoms with van der Waals surface area (Å²) in [4.78, 5) is 8.56. The number of amidine groups is 1. The molecule has 1 unspecified atom stereocenters. The molecular weight excluding hydrogens is 416 g/mol. The second-order valence-corrected chi connectivity index (χ2v) is 10.2. The summed E-state index contributed by atoms with van der Waals surface area (Å²) in [7, 11) is 0. The highest BCUT2D eigenvalue weighted by atomic mass is 15.4. The number of hydrogen-bond donors (Lipinski definition) is 0. The summed E-state index contributed by atoms with van der Waals surface area (Å²) in [5.74, 6) is 2.24. The fourth-order valence-corrected chi connectivity index (χ4v) is 5.79. The Balaban J connectivity index is 7.04. The van der Waals surface area contributed by atoms with Gasteiger partial charge in [0.1, 0.15) is 0 Å². The van der Waals surface area contributed by atoms with E-state index in [0.29, 0.717) is 12.1 Å². The van der Waals surface area contributed by atoms with Crippen LogP contribution >= 0.6 is 0 Å². The first-order valence-electron chi connectivity index (χ1n) is 15.4. The molecule has 0 saturated heterocycles. The summed E-state index contributed by atoms with van der Waals surface area (Å²) >= 11 is 0. The fraction of sp³-hybridized carbons (Fsp3) is 0.967. The van der Waals surface area contributed by atoms with E-state index < -0.39 is 0 Å². The van der Waals surface area contributed by atoms with Gasteiger partial charge in [-0.25, -0.2) is 0 Å². The van der Waals surface area contributed by atoms with E-state index in [1.54, 1.807) is 5.84 Å². The van der Waals surface area contributed by atoms with Crippen molar-refractivity contribution < 1.29 is 4.58 Å². The third-order valence-electron chi connectivity index (χ3n) is 6.70. The maximum atomic E-state index is 2.87. The van der Waals surface area contributed by atoms with Gasteiger partial charge in [-0.05, 0) is 84.0 Å². The Kier molecular flexibility index (Phi) is 21.3. The zero-order valence-corrected chi connectivity index (χ0v) is 25.2. The Hall–Kier alpha value is -0.610. The molecule has 0 heterocycles. The minimum atomic E-state index is 0.502. The lowest BCUT2D eigenvalue weighted by molar-refractivity contribution is -0.536. The monoisotopic (exact) mass is 482 g/mol. The maximum Gasteiger partial charge on any atom is 0.252 e. The van der Waals surface area contributed by atoms with Crippen LogP contribution in [0.4, 0.5) is 0 Å². The third-order valence-corrected chi connectivity index (χ3v) is 6.70. The number of rotatable bonds is 22. The summed E-state index contributed by atoms with van der Waals surface area (Å²) in [6.45, 7) is 30.9. The summed E-state index contributed by atoms with van der Waals surface area (Å²) in [6.07, 6.45) is 12.9. The lowest BCUT2D eigenvalue weighted by Gasteiger charge is -2.45. The molecule has 0 rings (SSSR count). The van der Waals surface area contributed by atoms with Gasteiger partial charge in [0.05, 0.1) is 38.3 Å². The zero-order chi connectivity index (χ0) is 25.8. The van der Waals surface area contributed by atoms with Crippen molar-refractivity contribution >= 4 is 5.84 Å². The Morgan fingerprint density at radius 2 is 0.882 bits per heavy atom. The predicted octanol–water partition coefficient (Wildman–Crippen LogP) is 7.33. The van der Waals surface area contributed by atoms with Gasteiger partial charge < -0.3 is 0 Å². The molecule has 0 amide bonds. The molecule has 0 aliphatic heterocycles. The summed E-state index contributed by atoms with van der Waals surface area (Å²) in [5, 5.41) is 0. The highest BCUT2D eigenvalue weighted by molar-refractivity contribution is 5.81. The molecule has 0 fully saturated rings. The Bertz CT molecular complexity index is 448. The van der Waals surface area contributed by atoms with Crippen LogP contribution < -0.4 is 0 Å². The van der Waals surface area contributed by atoms with Crippen LogP contribution in [0.5, 0.6) is 0 Å². The topological polar surface area (TPSA) is 12.7 Å². The summed E-state index contributed by atoms with van der Waals surface area (Å²) in [5.41, 5.74) is 0. The van der Waals surface area contributed by atoms with Crippen molar-refractivity contribution in [1.29, 1.82) is 0 Å². The first kappa shape index (κ1) is 33.4. The maximum absolute atomic E-state index is 2.87. The number of hydrogen-bond acceptors (Lipinski definition) is 2. The van der Waals surface area contributed by atoms with E-state index in [0.717, 1.165) is 0 Å². The molecule has 0 N–H and O–H groups in total. The second-order valence-electron chi connectivity index (χ2n) is 10.2. The van der Waals surface area contributed by atoms with Crippen molar-refractivity contribution in [2.45, 2.75) is 133 Å². The summed E-state index contributed by atoms with van der Waals surface area (Å²) in [6, 6.07) is 0. The molecular formula is C30H65N4+.